The predicted octanol–water partition coefficient (Wildman–Crippen LogP) is 7.39. The van der Waals surface area contributed by atoms with Crippen LogP contribution in [0.3, 0.4) is 0 Å². The standard InChI is InChI=1S/C28H47NO3/c1-4-6-7-8-9-10-11-12-13-14-15-16-17-18-23-32-28(31)24(3)29-27(30)26-21-19-25(5-2)20-22-26/h19-22,24H,4-18,23H2,1-3H3,(H,29,30). The number of amides is 1. The summed E-state index contributed by atoms with van der Waals surface area (Å²) in [6.45, 7) is 6.45. The molecule has 1 atom stereocenters. The molecule has 0 radical (unpaired) electrons. The fourth-order valence-corrected chi connectivity index (χ4v) is 3.83. The van der Waals surface area contributed by atoms with Crippen molar-refractivity contribution < 1.29 is 14.3 Å². The summed E-state index contributed by atoms with van der Waals surface area (Å²) >= 11 is 0. The van der Waals surface area contributed by atoms with Crippen LogP contribution >= 0.6 is 0 Å². The van der Waals surface area contributed by atoms with Crippen LogP contribution in [0, 0.1) is 0 Å². The first-order chi connectivity index (χ1) is 15.6. The highest BCUT2D eigenvalue weighted by Crippen LogP contribution is 2.13. The van der Waals surface area contributed by atoms with E-state index in [1.165, 1.54) is 82.6 Å². The van der Waals surface area contributed by atoms with Crippen molar-refractivity contribution in [2.75, 3.05) is 6.61 Å². The number of hydrogen-bond donors (Lipinski definition) is 1. The highest BCUT2D eigenvalue weighted by atomic mass is 16.5. The van der Waals surface area contributed by atoms with Crippen molar-refractivity contribution in [3.05, 3.63) is 35.4 Å². The van der Waals surface area contributed by atoms with E-state index in [-0.39, 0.29) is 11.9 Å². The van der Waals surface area contributed by atoms with E-state index in [0.717, 1.165) is 19.3 Å². The molecule has 1 aromatic carbocycles. The largest absolute Gasteiger partial charge is 0.464 e. The third kappa shape index (κ3) is 13.5. The third-order valence-electron chi connectivity index (χ3n) is 6.07. The molecular weight excluding hydrogens is 398 g/mol. The van der Waals surface area contributed by atoms with Crippen LogP contribution in [-0.4, -0.2) is 24.5 Å². The molecule has 0 saturated heterocycles. The lowest BCUT2D eigenvalue weighted by Gasteiger charge is -2.13. The van der Waals surface area contributed by atoms with Crippen molar-refractivity contribution in [2.45, 2.75) is 123 Å². The molecule has 0 saturated carbocycles. The van der Waals surface area contributed by atoms with Gasteiger partial charge in [0.15, 0.2) is 0 Å². The normalized spacial score (nSPS) is 11.8. The Hall–Kier alpha value is -1.84. The van der Waals surface area contributed by atoms with Gasteiger partial charge in [0.05, 0.1) is 6.61 Å². The monoisotopic (exact) mass is 445 g/mol. The van der Waals surface area contributed by atoms with Gasteiger partial charge in [-0.2, -0.15) is 0 Å². The number of carbonyl (C=O) groups excluding carboxylic acids is 2. The minimum atomic E-state index is -0.639. The lowest BCUT2D eigenvalue weighted by Crippen LogP contribution is -2.39. The zero-order valence-electron chi connectivity index (χ0n) is 20.9. The van der Waals surface area contributed by atoms with Gasteiger partial charge in [-0.05, 0) is 37.5 Å². The smallest absolute Gasteiger partial charge is 0.328 e. The van der Waals surface area contributed by atoms with Crippen LogP contribution in [0.2, 0.25) is 0 Å². The van der Waals surface area contributed by atoms with Gasteiger partial charge in [-0.15, -0.1) is 0 Å². The van der Waals surface area contributed by atoms with Gasteiger partial charge in [0.25, 0.3) is 5.91 Å². The van der Waals surface area contributed by atoms with E-state index in [9.17, 15) is 9.59 Å². The summed E-state index contributed by atoms with van der Waals surface area (Å²) < 4.78 is 5.33. The Labute approximate surface area is 196 Å². The van der Waals surface area contributed by atoms with Crippen LogP contribution in [0.25, 0.3) is 0 Å². The first kappa shape index (κ1) is 28.2. The number of aryl methyl sites for hydroxylation is 1. The summed E-state index contributed by atoms with van der Waals surface area (Å²) in [7, 11) is 0. The molecular formula is C28H47NO3. The van der Waals surface area contributed by atoms with Crippen LogP contribution in [0.5, 0.6) is 0 Å². The Morgan fingerprint density at radius 3 is 1.69 bits per heavy atom. The molecule has 0 bridgehead atoms. The first-order valence-electron chi connectivity index (χ1n) is 13.1. The third-order valence-corrected chi connectivity index (χ3v) is 6.07. The Balaban J connectivity index is 1.96. The lowest BCUT2D eigenvalue weighted by atomic mass is 10.0. The second kappa shape index (κ2) is 18.7. The quantitative estimate of drug-likeness (QED) is 0.178. The number of esters is 1. The van der Waals surface area contributed by atoms with Gasteiger partial charge in [-0.1, -0.05) is 109 Å². The van der Waals surface area contributed by atoms with E-state index >= 15 is 0 Å². The zero-order valence-corrected chi connectivity index (χ0v) is 20.9. The van der Waals surface area contributed by atoms with E-state index in [2.05, 4.69) is 19.2 Å². The Morgan fingerprint density at radius 2 is 1.22 bits per heavy atom. The topological polar surface area (TPSA) is 55.4 Å². The summed E-state index contributed by atoms with van der Waals surface area (Å²) in [5.41, 5.74) is 1.75. The Kier molecular flexibility index (Phi) is 16.5. The molecule has 0 aliphatic carbocycles. The fourth-order valence-electron chi connectivity index (χ4n) is 3.83. The molecule has 0 heterocycles. The SMILES string of the molecule is CCCCCCCCCCCCCCCCOC(=O)C(C)NC(=O)c1ccc(CC)cc1. The number of ether oxygens (including phenoxy) is 1. The number of nitrogens with one attached hydrogen (secondary N) is 1. The number of hydrogen-bond acceptors (Lipinski definition) is 3. The maximum atomic E-state index is 12.3. The molecule has 0 aliphatic heterocycles. The van der Waals surface area contributed by atoms with Crippen LogP contribution in [0.1, 0.15) is 127 Å². The molecule has 1 rings (SSSR count). The summed E-state index contributed by atoms with van der Waals surface area (Å²) in [6.07, 6.45) is 19.2. The van der Waals surface area contributed by atoms with Gasteiger partial charge in [-0.3, -0.25) is 4.79 Å². The maximum absolute atomic E-state index is 12.3. The highest BCUT2D eigenvalue weighted by Gasteiger charge is 2.17. The summed E-state index contributed by atoms with van der Waals surface area (Å²) in [5.74, 6) is -0.605. The van der Waals surface area contributed by atoms with Gasteiger partial charge >= 0.3 is 5.97 Å². The van der Waals surface area contributed by atoms with Crippen LogP contribution in [0.15, 0.2) is 24.3 Å². The number of rotatable bonds is 19. The van der Waals surface area contributed by atoms with Gasteiger partial charge in [0.1, 0.15) is 6.04 Å². The van der Waals surface area contributed by atoms with Crippen molar-refractivity contribution in [3.8, 4) is 0 Å². The van der Waals surface area contributed by atoms with Crippen molar-refractivity contribution in [1.29, 1.82) is 0 Å². The molecule has 1 unspecified atom stereocenters. The average molecular weight is 446 g/mol. The molecule has 0 aliphatic rings. The van der Waals surface area contributed by atoms with E-state index in [0.29, 0.717) is 12.2 Å². The van der Waals surface area contributed by atoms with Crippen molar-refractivity contribution in [3.63, 3.8) is 0 Å². The number of unbranched alkanes of at least 4 members (excludes halogenated alkanes) is 13. The molecule has 0 fully saturated rings. The van der Waals surface area contributed by atoms with E-state index < -0.39 is 6.04 Å². The van der Waals surface area contributed by atoms with Gasteiger partial charge in [0, 0.05) is 5.56 Å². The first-order valence-corrected chi connectivity index (χ1v) is 13.1. The molecule has 182 valence electrons. The van der Waals surface area contributed by atoms with Gasteiger partial charge in [0.2, 0.25) is 0 Å². The van der Waals surface area contributed by atoms with Crippen LogP contribution in [0.4, 0.5) is 0 Å². The fraction of sp³-hybridized carbons (Fsp3) is 0.714. The van der Waals surface area contributed by atoms with E-state index in [4.69, 9.17) is 4.74 Å². The second-order valence-corrected chi connectivity index (χ2v) is 9.01. The molecule has 4 heteroatoms. The lowest BCUT2D eigenvalue weighted by molar-refractivity contribution is -0.145. The van der Waals surface area contributed by atoms with Gasteiger partial charge in [-0.25, -0.2) is 4.79 Å². The van der Waals surface area contributed by atoms with Crippen molar-refractivity contribution >= 4 is 11.9 Å². The molecule has 32 heavy (non-hydrogen) atoms. The summed E-state index contributed by atoms with van der Waals surface area (Å²) in [5, 5.41) is 2.72. The van der Waals surface area contributed by atoms with Crippen LogP contribution < -0.4 is 5.32 Å². The Morgan fingerprint density at radius 1 is 0.750 bits per heavy atom. The molecule has 1 aromatic rings. The molecule has 0 aromatic heterocycles. The highest BCUT2D eigenvalue weighted by molar-refractivity contribution is 5.96. The number of benzene rings is 1. The molecule has 1 N–H and O–H groups in total. The second-order valence-electron chi connectivity index (χ2n) is 9.01. The average Bonchev–Trinajstić information content (AvgIpc) is 2.81. The minimum Gasteiger partial charge on any atom is -0.464 e. The summed E-state index contributed by atoms with van der Waals surface area (Å²) in [4.78, 5) is 24.4. The van der Waals surface area contributed by atoms with E-state index in [1.54, 1.807) is 19.1 Å². The molecule has 1 amide bonds. The molecule has 0 spiro atoms. The minimum absolute atomic E-state index is 0.242. The van der Waals surface area contributed by atoms with Crippen molar-refractivity contribution in [2.24, 2.45) is 0 Å². The van der Waals surface area contributed by atoms with Gasteiger partial charge < -0.3 is 10.1 Å². The predicted molar refractivity (Wildman–Crippen MR) is 134 cm³/mol. The number of carbonyl (C=O) groups is 2. The molecule has 4 nitrogen and oxygen atoms in total. The van der Waals surface area contributed by atoms with Crippen molar-refractivity contribution in [1.82, 2.24) is 5.32 Å². The van der Waals surface area contributed by atoms with E-state index in [1.807, 2.05) is 12.1 Å². The zero-order chi connectivity index (χ0) is 23.4. The maximum Gasteiger partial charge on any atom is 0.328 e. The summed E-state index contributed by atoms with van der Waals surface area (Å²) in [6, 6.07) is 6.82. The van der Waals surface area contributed by atoms with Crippen LogP contribution in [-0.2, 0) is 16.0 Å². The Bertz CT molecular complexity index is 612.